The summed E-state index contributed by atoms with van der Waals surface area (Å²) in [5.41, 5.74) is 6.24. The molecular weight excluding hydrogens is 494 g/mol. The third-order valence-corrected chi connectivity index (χ3v) is 8.99. The summed E-state index contributed by atoms with van der Waals surface area (Å²) >= 11 is 1.45. The molecule has 0 radical (unpaired) electrons. The Hall–Kier alpha value is -3.80. The Morgan fingerprint density at radius 2 is 1.95 bits per heavy atom. The maximum absolute atomic E-state index is 13.5. The quantitative estimate of drug-likeness (QED) is 0.396. The van der Waals surface area contributed by atoms with E-state index >= 15 is 0 Å². The number of amides is 1. The first-order valence-corrected chi connectivity index (χ1v) is 13.9. The molecule has 1 aliphatic heterocycles. The fourth-order valence-electron chi connectivity index (χ4n) is 5.67. The van der Waals surface area contributed by atoms with Crippen molar-refractivity contribution in [2.24, 2.45) is 0 Å². The number of hydrogen-bond donors (Lipinski definition) is 0. The Kier molecular flexibility index (Phi) is 6.56. The molecule has 2 aromatic carbocycles. The minimum Gasteiger partial charge on any atom is -0.340 e. The molecular formula is C30H29N5O2S. The molecule has 38 heavy (non-hydrogen) atoms. The number of hydrogen-bond acceptors (Lipinski definition) is 6. The van der Waals surface area contributed by atoms with Crippen molar-refractivity contribution in [1.29, 1.82) is 5.26 Å². The van der Waals surface area contributed by atoms with Crippen molar-refractivity contribution in [3.05, 3.63) is 87.5 Å². The summed E-state index contributed by atoms with van der Waals surface area (Å²) in [6.07, 6.45) is 4.37. The highest BCUT2D eigenvalue weighted by atomic mass is 32.1. The topological polar surface area (TPSA) is 82.2 Å². The largest absolute Gasteiger partial charge is 0.340 e. The SMILES string of the molecule is CC(=O)N1CCN(Cc2ccc3c(c2)CC[C@H](n2cnc4cc(-c5cccc(C#N)c5)sc4c2=O)C3)CC1. The summed E-state index contributed by atoms with van der Waals surface area (Å²) in [7, 11) is 0. The van der Waals surface area contributed by atoms with Crippen molar-refractivity contribution >= 4 is 27.5 Å². The lowest BCUT2D eigenvalue weighted by atomic mass is 9.87. The molecule has 4 aromatic rings. The smallest absolute Gasteiger partial charge is 0.271 e. The van der Waals surface area contributed by atoms with E-state index in [0.29, 0.717) is 15.8 Å². The molecule has 7 nitrogen and oxygen atoms in total. The molecule has 8 heteroatoms. The average molecular weight is 524 g/mol. The van der Waals surface area contributed by atoms with Gasteiger partial charge in [0.1, 0.15) is 4.70 Å². The first-order valence-electron chi connectivity index (χ1n) is 13.1. The number of carbonyl (C=O) groups is 1. The summed E-state index contributed by atoms with van der Waals surface area (Å²) in [5.74, 6) is 0.159. The van der Waals surface area contributed by atoms with Crippen molar-refractivity contribution in [2.75, 3.05) is 26.2 Å². The highest BCUT2D eigenvalue weighted by Crippen LogP contribution is 2.33. The summed E-state index contributed by atoms with van der Waals surface area (Å²) in [4.78, 5) is 35.0. The molecule has 2 aromatic heterocycles. The number of aryl methyl sites for hydroxylation is 1. The molecule has 192 valence electrons. The Balaban J connectivity index is 1.18. The van der Waals surface area contributed by atoms with Crippen LogP contribution in [0.3, 0.4) is 0 Å². The van der Waals surface area contributed by atoms with Crippen LogP contribution in [-0.4, -0.2) is 51.4 Å². The number of fused-ring (bicyclic) bond motifs is 2. The molecule has 0 spiro atoms. The fraction of sp³-hybridized carbons (Fsp3) is 0.333. The van der Waals surface area contributed by atoms with Crippen molar-refractivity contribution in [3.8, 4) is 16.5 Å². The van der Waals surface area contributed by atoms with Crippen LogP contribution < -0.4 is 5.56 Å². The Labute approximate surface area is 225 Å². The van der Waals surface area contributed by atoms with Crippen LogP contribution in [0.4, 0.5) is 0 Å². The molecule has 2 aliphatic rings. The van der Waals surface area contributed by atoms with E-state index in [0.717, 1.165) is 62.4 Å². The number of rotatable bonds is 4. The van der Waals surface area contributed by atoms with Crippen molar-refractivity contribution < 1.29 is 4.79 Å². The van der Waals surface area contributed by atoms with E-state index in [4.69, 9.17) is 0 Å². The second-order valence-corrected chi connectivity index (χ2v) is 11.3. The predicted octanol–water partition coefficient (Wildman–Crippen LogP) is 4.39. The first kappa shape index (κ1) is 24.5. The van der Waals surface area contributed by atoms with Gasteiger partial charge in [-0.15, -0.1) is 11.3 Å². The van der Waals surface area contributed by atoms with Gasteiger partial charge in [0.2, 0.25) is 5.91 Å². The van der Waals surface area contributed by atoms with E-state index in [9.17, 15) is 14.9 Å². The fourth-order valence-corrected chi connectivity index (χ4v) is 6.72. The Morgan fingerprint density at radius 3 is 2.74 bits per heavy atom. The van der Waals surface area contributed by atoms with Gasteiger partial charge in [-0.25, -0.2) is 4.98 Å². The van der Waals surface area contributed by atoms with Gasteiger partial charge >= 0.3 is 0 Å². The molecule has 0 bridgehead atoms. The average Bonchev–Trinajstić information content (AvgIpc) is 3.39. The van der Waals surface area contributed by atoms with Crippen molar-refractivity contribution in [3.63, 3.8) is 0 Å². The van der Waals surface area contributed by atoms with E-state index in [-0.39, 0.29) is 17.5 Å². The van der Waals surface area contributed by atoms with Crippen LogP contribution in [0.1, 0.15) is 41.6 Å². The van der Waals surface area contributed by atoms with Gasteiger partial charge in [0.25, 0.3) is 5.56 Å². The van der Waals surface area contributed by atoms with Crippen LogP contribution in [0.2, 0.25) is 0 Å². The zero-order chi connectivity index (χ0) is 26.2. The number of thiophene rings is 1. The lowest BCUT2D eigenvalue weighted by Crippen LogP contribution is -2.47. The predicted molar refractivity (Wildman–Crippen MR) is 149 cm³/mol. The molecule has 0 N–H and O–H groups in total. The molecule has 1 amide bonds. The van der Waals surface area contributed by atoms with Crippen LogP contribution in [-0.2, 0) is 24.2 Å². The summed E-state index contributed by atoms with van der Waals surface area (Å²) in [6, 6.07) is 18.4. The van der Waals surface area contributed by atoms with E-state index in [2.05, 4.69) is 34.2 Å². The molecule has 1 saturated heterocycles. The third kappa shape index (κ3) is 4.75. The van der Waals surface area contributed by atoms with Gasteiger partial charge in [-0.3, -0.25) is 19.1 Å². The molecule has 3 heterocycles. The van der Waals surface area contributed by atoms with Crippen LogP contribution in [0.5, 0.6) is 0 Å². The molecule has 1 aliphatic carbocycles. The second kappa shape index (κ2) is 10.2. The molecule has 0 saturated carbocycles. The van der Waals surface area contributed by atoms with Crippen molar-refractivity contribution in [1.82, 2.24) is 19.4 Å². The Morgan fingerprint density at radius 1 is 1.11 bits per heavy atom. The van der Waals surface area contributed by atoms with Crippen LogP contribution in [0, 0.1) is 11.3 Å². The maximum atomic E-state index is 13.5. The highest BCUT2D eigenvalue weighted by Gasteiger charge is 2.24. The maximum Gasteiger partial charge on any atom is 0.271 e. The second-order valence-electron chi connectivity index (χ2n) is 10.3. The van der Waals surface area contributed by atoms with Gasteiger partial charge in [0, 0.05) is 50.6 Å². The highest BCUT2D eigenvalue weighted by molar-refractivity contribution is 7.22. The minimum atomic E-state index is 0.0115. The van der Waals surface area contributed by atoms with E-state index in [1.54, 1.807) is 19.3 Å². The zero-order valence-corrected chi connectivity index (χ0v) is 22.2. The standard InChI is InChI=1S/C30H29N5O2S/c1-20(36)34-11-9-33(10-12-34)18-22-5-6-24-15-26(8-7-23(24)14-22)35-19-32-27-16-28(38-29(27)30(35)37)25-4-2-3-21(13-25)17-31/h2-6,13-14,16,19,26H,7-12,15,18H2,1H3/t26-/m0/s1. The number of carbonyl (C=O) groups excluding carboxylic acids is 1. The van der Waals surface area contributed by atoms with Gasteiger partial charge in [0.05, 0.1) is 23.5 Å². The van der Waals surface area contributed by atoms with Crippen LogP contribution in [0.25, 0.3) is 20.7 Å². The van der Waals surface area contributed by atoms with Gasteiger partial charge in [-0.2, -0.15) is 5.26 Å². The molecule has 6 rings (SSSR count). The third-order valence-electron chi connectivity index (χ3n) is 7.83. The number of nitrogens with zero attached hydrogens (tertiary/aromatic N) is 5. The first-order chi connectivity index (χ1) is 18.5. The monoisotopic (exact) mass is 523 g/mol. The number of nitriles is 1. The van der Waals surface area contributed by atoms with E-state index in [1.165, 1.54) is 28.0 Å². The normalized spacial score (nSPS) is 17.8. The summed E-state index contributed by atoms with van der Waals surface area (Å²) < 4.78 is 2.48. The van der Waals surface area contributed by atoms with Gasteiger partial charge in [0.15, 0.2) is 0 Å². The van der Waals surface area contributed by atoms with Crippen LogP contribution in [0.15, 0.2) is 59.7 Å². The Bertz CT molecular complexity index is 1620. The van der Waals surface area contributed by atoms with Gasteiger partial charge in [-0.1, -0.05) is 30.3 Å². The lowest BCUT2D eigenvalue weighted by molar-refractivity contribution is -0.130. The van der Waals surface area contributed by atoms with Crippen LogP contribution >= 0.6 is 11.3 Å². The van der Waals surface area contributed by atoms with Gasteiger partial charge < -0.3 is 4.90 Å². The molecule has 1 atom stereocenters. The lowest BCUT2D eigenvalue weighted by Gasteiger charge is -2.34. The van der Waals surface area contributed by atoms with Gasteiger partial charge in [-0.05, 0) is 59.7 Å². The molecule has 1 fully saturated rings. The zero-order valence-electron chi connectivity index (χ0n) is 21.4. The van der Waals surface area contributed by atoms with E-state index in [1.807, 2.05) is 33.7 Å². The number of benzene rings is 2. The molecule has 0 unspecified atom stereocenters. The number of piperazine rings is 1. The summed E-state index contributed by atoms with van der Waals surface area (Å²) in [6.45, 7) is 5.96. The summed E-state index contributed by atoms with van der Waals surface area (Å²) in [5, 5.41) is 9.23. The van der Waals surface area contributed by atoms with E-state index < -0.39 is 0 Å². The van der Waals surface area contributed by atoms with Crippen molar-refractivity contribution in [2.45, 2.75) is 38.8 Å². The number of aromatic nitrogens is 2. The minimum absolute atomic E-state index is 0.0115.